The first kappa shape index (κ1) is 14.3. The number of carbonyl (C=O) groups excluding carboxylic acids is 1. The summed E-state index contributed by atoms with van der Waals surface area (Å²) in [6.45, 7) is 1.56. The van der Waals surface area contributed by atoms with E-state index in [1.807, 2.05) is 0 Å². The number of halogens is 1. The van der Waals surface area contributed by atoms with Crippen molar-refractivity contribution in [3.63, 3.8) is 0 Å². The molecule has 19 heavy (non-hydrogen) atoms. The van der Waals surface area contributed by atoms with E-state index in [1.165, 1.54) is 12.1 Å². The summed E-state index contributed by atoms with van der Waals surface area (Å²) in [5.74, 6) is -0.326. The zero-order valence-electron chi connectivity index (χ0n) is 10.4. The van der Waals surface area contributed by atoms with Crippen LogP contribution in [-0.2, 0) is 14.8 Å². The first-order valence-corrected chi connectivity index (χ1v) is 7.88. The van der Waals surface area contributed by atoms with Gasteiger partial charge in [-0.25, -0.2) is 13.1 Å². The molecule has 1 atom stereocenters. The van der Waals surface area contributed by atoms with E-state index in [-0.39, 0.29) is 16.8 Å². The molecule has 2 N–H and O–H groups in total. The van der Waals surface area contributed by atoms with Crippen LogP contribution in [0.3, 0.4) is 0 Å². The fourth-order valence-electron chi connectivity index (χ4n) is 1.45. The van der Waals surface area contributed by atoms with Crippen LogP contribution in [0.4, 0.5) is 5.69 Å². The van der Waals surface area contributed by atoms with E-state index >= 15 is 0 Å². The van der Waals surface area contributed by atoms with Gasteiger partial charge in [-0.15, -0.1) is 11.6 Å². The van der Waals surface area contributed by atoms with Crippen LogP contribution in [0.25, 0.3) is 0 Å². The van der Waals surface area contributed by atoms with Gasteiger partial charge in [0.05, 0.1) is 4.90 Å². The van der Waals surface area contributed by atoms with Gasteiger partial charge in [-0.3, -0.25) is 4.79 Å². The van der Waals surface area contributed by atoms with Gasteiger partial charge < -0.3 is 5.32 Å². The molecule has 1 saturated carbocycles. The van der Waals surface area contributed by atoms with Crippen molar-refractivity contribution in [2.45, 2.75) is 36.1 Å². The topological polar surface area (TPSA) is 75.3 Å². The van der Waals surface area contributed by atoms with Gasteiger partial charge in [0.15, 0.2) is 0 Å². The largest absolute Gasteiger partial charge is 0.325 e. The monoisotopic (exact) mass is 302 g/mol. The standard InChI is InChI=1S/C12H15ClN2O3S/c1-8(13)12(16)14-9-4-6-11(7-5-9)19(17,18)15-10-2-3-10/h4-8,10,15H,2-3H2,1H3,(H,14,16). The molecule has 1 aromatic rings. The van der Waals surface area contributed by atoms with Crippen molar-refractivity contribution in [1.29, 1.82) is 0 Å². The molecule has 104 valence electrons. The summed E-state index contributed by atoms with van der Waals surface area (Å²) in [4.78, 5) is 11.6. The summed E-state index contributed by atoms with van der Waals surface area (Å²) in [6, 6.07) is 6.07. The Kier molecular flexibility index (Phi) is 4.13. The second-order valence-electron chi connectivity index (χ2n) is 4.53. The number of anilines is 1. The number of nitrogens with one attached hydrogen (secondary N) is 2. The van der Waals surface area contributed by atoms with Gasteiger partial charge in [-0.05, 0) is 44.0 Å². The molecule has 0 saturated heterocycles. The van der Waals surface area contributed by atoms with Gasteiger partial charge in [0.2, 0.25) is 15.9 Å². The molecule has 5 nitrogen and oxygen atoms in total. The number of alkyl halides is 1. The Hall–Kier alpha value is -1.11. The lowest BCUT2D eigenvalue weighted by Crippen LogP contribution is -2.25. The fourth-order valence-corrected chi connectivity index (χ4v) is 2.81. The molecule has 0 radical (unpaired) electrons. The highest BCUT2D eigenvalue weighted by Crippen LogP contribution is 2.22. The maximum atomic E-state index is 11.9. The molecule has 1 unspecified atom stereocenters. The summed E-state index contributed by atoms with van der Waals surface area (Å²) in [5, 5.41) is 1.95. The van der Waals surface area contributed by atoms with Gasteiger partial charge in [0.1, 0.15) is 5.38 Å². The SMILES string of the molecule is CC(Cl)C(=O)Nc1ccc(S(=O)(=O)NC2CC2)cc1. The van der Waals surface area contributed by atoms with E-state index < -0.39 is 15.4 Å². The quantitative estimate of drug-likeness (QED) is 0.813. The third kappa shape index (κ3) is 3.92. The van der Waals surface area contributed by atoms with Gasteiger partial charge in [0, 0.05) is 11.7 Å². The number of benzene rings is 1. The van der Waals surface area contributed by atoms with Gasteiger partial charge in [-0.1, -0.05) is 0 Å². The Bertz CT molecular complexity index is 565. The summed E-state index contributed by atoms with van der Waals surface area (Å²) in [5.41, 5.74) is 0.517. The lowest BCUT2D eigenvalue weighted by Gasteiger charge is -2.08. The second kappa shape index (κ2) is 5.48. The Morgan fingerprint density at radius 2 is 1.89 bits per heavy atom. The van der Waals surface area contributed by atoms with Crippen molar-refractivity contribution in [2.75, 3.05) is 5.32 Å². The normalized spacial score (nSPS) is 16.9. The van der Waals surface area contributed by atoms with Crippen LogP contribution < -0.4 is 10.0 Å². The number of carbonyl (C=O) groups is 1. The highest BCUT2D eigenvalue weighted by molar-refractivity contribution is 7.89. The van der Waals surface area contributed by atoms with E-state index in [2.05, 4.69) is 10.0 Å². The molecule has 0 spiro atoms. The van der Waals surface area contributed by atoms with E-state index in [0.717, 1.165) is 12.8 Å². The van der Waals surface area contributed by atoms with Crippen molar-refractivity contribution in [1.82, 2.24) is 4.72 Å². The minimum absolute atomic E-state index is 0.0708. The van der Waals surface area contributed by atoms with Crippen LogP contribution in [0.15, 0.2) is 29.2 Å². The molecule has 0 heterocycles. The average Bonchev–Trinajstić information content (AvgIpc) is 3.12. The molecular formula is C12H15ClN2O3S. The number of rotatable bonds is 5. The van der Waals surface area contributed by atoms with Crippen LogP contribution in [0, 0.1) is 0 Å². The highest BCUT2D eigenvalue weighted by atomic mass is 35.5. The summed E-state index contributed by atoms with van der Waals surface area (Å²) < 4.78 is 26.4. The van der Waals surface area contributed by atoms with Gasteiger partial charge >= 0.3 is 0 Å². The van der Waals surface area contributed by atoms with Gasteiger partial charge in [-0.2, -0.15) is 0 Å². The van der Waals surface area contributed by atoms with E-state index in [1.54, 1.807) is 19.1 Å². The Labute approximate surface area is 117 Å². The Morgan fingerprint density at radius 1 is 1.32 bits per heavy atom. The maximum Gasteiger partial charge on any atom is 0.242 e. The minimum Gasteiger partial charge on any atom is -0.325 e. The number of sulfonamides is 1. The first-order valence-electron chi connectivity index (χ1n) is 5.96. The predicted octanol–water partition coefficient (Wildman–Crippen LogP) is 1.69. The molecule has 1 amide bonds. The third-order valence-electron chi connectivity index (χ3n) is 2.69. The summed E-state index contributed by atoms with van der Waals surface area (Å²) >= 11 is 5.63. The number of hydrogen-bond donors (Lipinski definition) is 2. The Morgan fingerprint density at radius 3 is 2.37 bits per heavy atom. The predicted molar refractivity (Wildman–Crippen MR) is 73.7 cm³/mol. The fraction of sp³-hybridized carbons (Fsp3) is 0.417. The molecule has 1 fully saturated rings. The average molecular weight is 303 g/mol. The molecule has 7 heteroatoms. The van der Waals surface area contributed by atoms with Crippen LogP contribution in [0.2, 0.25) is 0 Å². The molecule has 0 bridgehead atoms. The molecular weight excluding hydrogens is 288 g/mol. The lowest BCUT2D eigenvalue weighted by molar-refractivity contribution is -0.115. The van der Waals surface area contributed by atoms with E-state index in [9.17, 15) is 13.2 Å². The second-order valence-corrected chi connectivity index (χ2v) is 6.89. The summed E-state index contributed by atoms with van der Waals surface area (Å²) in [6.07, 6.45) is 1.78. The van der Waals surface area contributed by atoms with Crippen LogP contribution in [-0.4, -0.2) is 25.7 Å². The zero-order chi connectivity index (χ0) is 14.0. The molecule has 2 rings (SSSR count). The number of hydrogen-bond acceptors (Lipinski definition) is 3. The molecule has 1 aromatic carbocycles. The first-order chi connectivity index (χ1) is 8.88. The van der Waals surface area contributed by atoms with Crippen molar-refractivity contribution >= 4 is 33.2 Å². The van der Waals surface area contributed by atoms with Gasteiger partial charge in [0.25, 0.3) is 0 Å². The van der Waals surface area contributed by atoms with Crippen LogP contribution in [0.1, 0.15) is 19.8 Å². The molecule has 1 aliphatic carbocycles. The lowest BCUT2D eigenvalue weighted by atomic mass is 10.3. The van der Waals surface area contributed by atoms with Crippen LogP contribution >= 0.6 is 11.6 Å². The van der Waals surface area contributed by atoms with Crippen LogP contribution in [0.5, 0.6) is 0 Å². The van der Waals surface area contributed by atoms with Crippen molar-refractivity contribution in [3.05, 3.63) is 24.3 Å². The zero-order valence-corrected chi connectivity index (χ0v) is 12.0. The smallest absolute Gasteiger partial charge is 0.242 e. The molecule has 0 aliphatic heterocycles. The van der Waals surface area contributed by atoms with Crippen molar-refractivity contribution in [2.24, 2.45) is 0 Å². The minimum atomic E-state index is -3.45. The maximum absolute atomic E-state index is 11.9. The number of amides is 1. The van der Waals surface area contributed by atoms with Crippen molar-refractivity contribution in [3.8, 4) is 0 Å². The third-order valence-corrected chi connectivity index (χ3v) is 4.43. The molecule has 0 aromatic heterocycles. The van der Waals surface area contributed by atoms with E-state index in [4.69, 9.17) is 11.6 Å². The highest BCUT2D eigenvalue weighted by Gasteiger charge is 2.27. The van der Waals surface area contributed by atoms with E-state index in [0.29, 0.717) is 5.69 Å². The Balaban J connectivity index is 2.07. The molecule has 1 aliphatic rings. The summed E-state index contributed by atoms with van der Waals surface area (Å²) in [7, 11) is -3.45. The van der Waals surface area contributed by atoms with Crippen molar-refractivity contribution < 1.29 is 13.2 Å².